The van der Waals surface area contributed by atoms with Gasteiger partial charge in [-0.3, -0.25) is 14.8 Å². The molecule has 0 atom stereocenters. The third-order valence-corrected chi connectivity index (χ3v) is 5.04. The molecular weight excluding hydrogens is 392 g/mol. The second kappa shape index (κ2) is 6.29. The van der Waals surface area contributed by atoms with Gasteiger partial charge < -0.3 is 9.64 Å². The first-order valence-corrected chi connectivity index (χ1v) is 8.86. The summed E-state index contributed by atoms with van der Waals surface area (Å²) in [6, 6.07) is 5.64. The van der Waals surface area contributed by atoms with Crippen LogP contribution >= 0.6 is 27.3 Å². The predicted molar refractivity (Wildman–Crippen MR) is 94.5 cm³/mol. The van der Waals surface area contributed by atoms with Crippen LogP contribution in [0.3, 0.4) is 0 Å². The zero-order chi connectivity index (χ0) is 16.5. The second-order valence-corrected chi connectivity index (χ2v) is 6.73. The Morgan fingerprint density at radius 1 is 1.33 bits per heavy atom. The van der Waals surface area contributed by atoms with Crippen LogP contribution in [0.15, 0.2) is 46.6 Å². The number of aromatic nitrogens is 3. The van der Waals surface area contributed by atoms with E-state index in [1.807, 2.05) is 18.2 Å². The zero-order valence-corrected chi connectivity index (χ0v) is 14.7. The summed E-state index contributed by atoms with van der Waals surface area (Å²) in [7, 11) is 0. The van der Waals surface area contributed by atoms with Gasteiger partial charge in [0, 0.05) is 17.8 Å². The first-order valence-electron chi connectivity index (χ1n) is 7.19. The Bertz CT molecular complexity index is 900. The molecule has 6 nitrogen and oxygen atoms in total. The van der Waals surface area contributed by atoms with Gasteiger partial charge in [0.25, 0.3) is 5.91 Å². The maximum absolute atomic E-state index is 12.9. The van der Waals surface area contributed by atoms with E-state index in [1.165, 1.54) is 11.3 Å². The molecule has 0 fully saturated rings. The Kier molecular flexibility index (Phi) is 3.99. The number of rotatable bonds is 2. The van der Waals surface area contributed by atoms with E-state index < -0.39 is 0 Å². The molecule has 2 aromatic heterocycles. The van der Waals surface area contributed by atoms with Crippen molar-refractivity contribution in [3.63, 3.8) is 0 Å². The van der Waals surface area contributed by atoms with Crippen molar-refractivity contribution in [2.45, 2.75) is 0 Å². The summed E-state index contributed by atoms with van der Waals surface area (Å²) in [5.41, 5.74) is 1.80. The summed E-state index contributed by atoms with van der Waals surface area (Å²) in [6.45, 7) is 0.933. The summed E-state index contributed by atoms with van der Waals surface area (Å²) in [6.07, 6.45) is 4.84. The van der Waals surface area contributed by atoms with Gasteiger partial charge in [-0.25, -0.2) is 4.98 Å². The van der Waals surface area contributed by atoms with Crippen LogP contribution in [0.4, 0.5) is 5.69 Å². The Morgan fingerprint density at radius 2 is 2.25 bits per heavy atom. The highest BCUT2D eigenvalue weighted by atomic mass is 79.9. The van der Waals surface area contributed by atoms with E-state index in [1.54, 1.807) is 28.9 Å². The summed E-state index contributed by atoms with van der Waals surface area (Å²) in [5, 5.41) is 2.42. The molecule has 0 saturated heterocycles. The topological polar surface area (TPSA) is 68.2 Å². The lowest BCUT2D eigenvalue weighted by Gasteiger charge is -2.29. The largest absolute Gasteiger partial charge is 0.488 e. The molecule has 0 unspecified atom stereocenters. The quantitative estimate of drug-likeness (QED) is 0.656. The van der Waals surface area contributed by atoms with Crippen LogP contribution in [0.25, 0.3) is 10.7 Å². The molecule has 0 N–H and O–H groups in total. The SMILES string of the molecule is O=C(c1csc(-c2cnccn2)n1)N1CCOc2c(Br)cccc21. The number of fused-ring (bicyclic) bond motifs is 1. The van der Waals surface area contributed by atoms with Crippen molar-refractivity contribution in [1.29, 1.82) is 0 Å². The molecule has 8 heteroatoms. The maximum atomic E-state index is 12.9. The van der Waals surface area contributed by atoms with Crippen molar-refractivity contribution in [2.75, 3.05) is 18.1 Å². The van der Waals surface area contributed by atoms with Crippen molar-refractivity contribution in [3.05, 3.63) is 52.3 Å². The van der Waals surface area contributed by atoms with Crippen LogP contribution in [0.5, 0.6) is 5.75 Å². The van der Waals surface area contributed by atoms with Crippen molar-refractivity contribution in [1.82, 2.24) is 15.0 Å². The highest BCUT2D eigenvalue weighted by molar-refractivity contribution is 9.10. The van der Waals surface area contributed by atoms with E-state index in [2.05, 4.69) is 30.9 Å². The maximum Gasteiger partial charge on any atom is 0.277 e. The van der Waals surface area contributed by atoms with E-state index >= 15 is 0 Å². The van der Waals surface area contributed by atoms with Crippen molar-refractivity contribution < 1.29 is 9.53 Å². The lowest BCUT2D eigenvalue weighted by atomic mass is 10.2. The van der Waals surface area contributed by atoms with E-state index in [0.29, 0.717) is 35.3 Å². The Hall–Kier alpha value is -2.32. The first kappa shape index (κ1) is 15.2. The third-order valence-electron chi connectivity index (χ3n) is 3.55. The highest BCUT2D eigenvalue weighted by Gasteiger charge is 2.27. The number of hydrogen-bond acceptors (Lipinski definition) is 6. The van der Waals surface area contributed by atoms with Gasteiger partial charge in [-0.2, -0.15) is 0 Å². The highest BCUT2D eigenvalue weighted by Crippen LogP contribution is 2.38. The van der Waals surface area contributed by atoms with Gasteiger partial charge in [-0.15, -0.1) is 11.3 Å². The van der Waals surface area contributed by atoms with Gasteiger partial charge in [0.1, 0.15) is 23.0 Å². The van der Waals surface area contributed by atoms with Crippen LogP contribution < -0.4 is 9.64 Å². The molecule has 4 rings (SSSR count). The van der Waals surface area contributed by atoms with Gasteiger partial charge in [-0.1, -0.05) is 6.07 Å². The first-order chi connectivity index (χ1) is 11.7. The number of halogens is 1. The lowest BCUT2D eigenvalue weighted by molar-refractivity contribution is 0.0972. The normalized spacial score (nSPS) is 13.3. The van der Waals surface area contributed by atoms with Gasteiger partial charge in [0.2, 0.25) is 0 Å². The monoisotopic (exact) mass is 402 g/mol. The molecule has 1 aromatic carbocycles. The Labute approximate surface area is 150 Å². The number of thiazole rings is 1. The molecule has 3 heterocycles. The van der Waals surface area contributed by atoms with E-state index in [4.69, 9.17) is 4.74 Å². The van der Waals surface area contributed by atoms with Crippen LogP contribution in [0, 0.1) is 0 Å². The van der Waals surface area contributed by atoms with Crippen molar-refractivity contribution in [2.24, 2.45) is 0 Å². The van der Waals surface area contributed by atoms with Gasteiger partial charge in [-0.05, 0) is 28.1 Å². The van der Waals surface area contributed by atoms with Crippen molar-refractivity contribution in [3.8, 4) is 16.5 Å². The fourth-order valence-corrected chi connectivity index (χ4v) is 3.68. The molecule has 1 aliphatic rings. The van der Waals surface area contributed by atoms with Gasteiger partial charge >= 0.3 is 0 Å². The molecule has 24 heavy (non-hydrogen) atoms. The predicted octanol–water partition coefficient (Wildman–Crippen LogP) is 3.40. The summed E-state index contributed by atoms with van der Waals surface area (Å²) >= 11 is 4.84. The molecule has 1 amide bonds. The molecule has 1 aliphatic heterocycles. The summed E-state index contributed by atoms with van der Waals surface area (Å²) < 4.78 is 6.50. The van der Waals surface area contributed by atoms with Crippen LogP contribution in [0.1, 0.15) is 10.5 Å². The van der Waals surface area contributed by atoms with Crippen LogP contribution in [-0.4, -0.2) is 34.0 Å². The molecule has 0 bridgehead atoms. The van der Waals surface area contributed by atoms with Crippen LogP contribution in [0.2, 0.25) is 0 Å². The number of carbonyl (C=O) groups excluding carboxylic acids is 1. The van der Waals surface area contributed by atoms with Gasteiger partial charge in [0.05, 0.1) is 22.9 Å². The Balaban J connectivity index is 1.67. The number of para-hydroxylation sites is 1. The number of hydrogen-bond donors (Lipinski definition) is 0. The molecule has 0 saturated carbocycles. The summed E-state index contributed by atoms with van der Waals surface area (Å²) in [5.74, 6) is 0.533. The summed E-state index contributed by atoms with van der Waals surface area (Å²) in [4.78, 5) is 27.2. The third kappa shape index (κ3) is 2.67. The molecule has 0 aliphatic carbocycles. The van der Waals surface area contributed by atoms with E-state index in [0.717, 1.165) is 10.2 Å². The van der Waals surface area contributed by atoms with E-state index in [-0.39, 0.29) is 5.91 Å². The molecule has 0 spiro atoms. The minimum atomic E-state index is -0.149. The lowest BCUT2D eigenvalue weighted by Crippen LogP contribution is -2.38. The average molecular weight is 403 g/mol. The van der Waals surface area contributed by atoms with Crippen molar-refractivity contribution >= 4 is 38.9 Å². The van der Waals surface area contributed by atoms with E-state index in [9.17, 15) is 4.79 Å². The molecular formula is C16H11BrN4O2S. The van der Waals surface area contributed by atoms with Gasteiger partial charge in [0.15, 0.2) is 5.75 Å². The fourth-order valence-electron chi connectivity index (χ4n) is 2.46. The minimum Gasteiger partial charge on any atom is -0.488 e. The number of nitrogens with zero attached hydrogens (tertiary/aromatic N) is 4. The molecule has 3 aromatic rings. The number of carbonyl (C=O) groups is 1. The standard InChI is InChI=1S/C16H11BrN4O2S/c17-10-2-1-3-13-14(10)23-7-6-21(13)16(22)12-9-24-15(20-12)11-8-18-4-5-19-11/h1-5,8-9H,6-7H2. The number of benzene rings is 1. The number of amides is 1. The zero-order valence-electron chi connectivity index (χ0n) is 12.3. The molecule has 120 valence electrons. The smallest absolute Gasteiger partial charge is 0.277 e. The molecule has 0 radical (unpaired) electrons. The second-order valence-electron chi connectivity index (χ2n) is 5.02. The average Bonchev–Trinajstić information content (AvgIpc) is 3.12. The fraction of sp³-hybridized carbons (Fsp3) is 0.125. The number of anilines is 1. The minimum absolute atomic E-state index is 0.149. The number of ether oxygens (including phenoxy) is 1. The Morgan fingerprint density at radius 3 is 3.08 bits per heavy atom. The van der Waals surface area contributed by atoms with Crippen LogP contribution in [-0.2, 0) is 0 Å².